The molecule has 3 N–H and O–H groups in total. The van der Waals surface area contributed by atoms with E-state index in [0.717, 1.165) is 0 Å². The second-order valence-corrected chi connectivity index (χ2v) is 3.12. The highest BCUT2D eigenvalue weighted by Gasteiger charge is 2.20. The lowest BCUT2D eigenvalue weighted by Crippen LogP contribution is -2.42. The monoisotopic (exact) mass is 221 g/mol. The molecule has 1 aromatic heterocycles. The molecule has 0 saturated carbocycles. The van der Waals surface area contributed by atoms with Crippen LogP contribution in [0.5, 0.6) is 0 Å². The molecular formula is C10H11N3O3. The number of carbonyl (C=O) groups is 2. The van der Waals surface area contributed by atoms with Gasteiger partial charge in [0, 0.05) is 18.3 Å². The lowest BCUT2D eigenvalue weighted by Gasteiger charge is -2.12. The Kier molecular flexibility index (Phi) is 4.09. The molecule has 1 aromatic rings. The van der Waals surface area contributed by atoms with Crippen molar-refractivity contribution in [3.8, 4) is 12.3 Å². The van der Waals surface area contributed by atoms with Crippen LogP contribution in [-0.2, 0) is 16.0 Å². The summed E-state index contributed by atoms with van der Waals surface area (Å²) in [5.74, 6) is 0.557. The van der Waals surface area contributed by atoms with Gasteiger partial charge in [0.15, 0.2) is 0 Å². The van der Waals surface area contributed by atoms with Crippen LogP contribution in [0.3, 0.4) is 0 Å². The van der Waals surface area contributed by atoms with Gasteiger partial charge in [0.2, 0.25) is 5.91 Å². The van der Waals surface area contributed by atoms with E-state index in [0.29, 0.717) is 5.69 Å². The lowest BCUT2D eigenvalue weighted by molar-refractivity contribution is -0.141. The highest BCUT2D eigenvalue weighted by molar-refractivity contribution is 5.84. The van der Waals surface area contributed by atoms with Crippen LogP contribution in [0.1, 0.15) is 12.1 Å². The Morgan fingerprint density at radius 3 is 2.94 bits per heavy atom. The van der Waals surface area contributed by atoms with Crippen LogP contribution in [0, 0.1) is 12.3 Å². The zero-order valence-electron chi connectivity index (χ0n) is 8.43. The van der Waals surface area contributed by atoms with E-state index in [1.807, 2.05) is 0 Å². The summed E-state index contributed by atoms with van der Waals surface area (Å²) in [5.41, 5.74) is 0.633. The number of carboxylic acids is 1. The third-order valence-electron chi connectivity index (χ3n) is 1.87. The number of imidazole rings is 1. The maximum Gasteiger partial charge on any atom is 0.326 e. The second-order valence-electron chi connectivity index (χ2n) is 3.12. The minimum Gasteiger partial charge on any atom is -0.480 e. The van der Waals surface area contributed by atoms with Gasteiger partial charge in [-0.3, -0.25) is 4.79 Å². The van der Waals surface area contributed by atoms with Gasteiger partial charge in [-0.05, 0) is 0 Å². The number of hydrogen-bond donors (Lipinski definition) is 3. The van der Waals surface area contributed by atoms with Gasteiger partial charge in [0.1, 0.15) is 6.04 Å². The van der Waals surface area contributed by atoms with Crippen molar-refractivity contribution in [2.24, 2.45) is 0 Å². The molecular weight excluding hydrogens is 210 g/mol. The van der Waals surface area contributed by atoms with E-state index in [1.54, 1.807) is 0 Å². The molecule has 0 spiro atoms. The normalized spacial score (nSPS) is 11.4. The number of aromatic nitrogens is 2. The van der Waals surface area contributed by atoms with Gasteiger partial charge in [-0.15, -0.1) is 6.42 Å². The number of aliphatic carboxylic acids is 1. The molecule has 0 aromatic carbocycles. The van der Waals surface area contributed by atoms with Crippen LogP contribution in [0.2, 0.25) is 0 Å². The van der Waals surface area contributed by atoms with Crippen molar-refractivity contribution >= 4 is 11.9 Å². The van der Waals surface area contributed by atoms with E-state index >= 15 is 0 Å². The smallest absolute Gasteiger partial charge is 0.326 e. The molecule has 1 amide bonds. The molecule has 0 radical (unpaired) electrons. The van der Waals surface area contributed by atoms with Crippen molar-refractivity contribution in [1.82, 2.24) is 15.3 Å². The maximum absolute atomic E-state index is 11.1. The Bertz CT molecular complexity index is 405. The molecule has 0 fully saturated rings. The Morgan fingerprint density at radius 1 is 1.69 bits per heavy atom. The number of rotatable bonds is 5. The van der Waals surface area contributed by atoms with E-state index < -0.39 is 17.9 Å². The second kappa shape index (κ2) is 5.56. The molecule has 6 heteroatoms. The summed E-state index contributed by atoms with van der Waals surface area (Å²) in [7, 11) is 0. The van der Waals surface area contributed by atoms with E-state index in [4.69, 9.17) is 11.5 Å². The summed E-state index contributed by atoms with van der Waals surface area (Å²) in [6.07, 6.45) is 7.90. The van der Waals surface area contributed by atoms with Crippen molar-refractivity contribution in [3.63, 3.8) is 0 Å². The molecule has 1 heterocycles. The number of carboxylic acid groups (broad SMARTS) is 1. The largest absolute Gasteiger partial charge is 0.480 e. The first-order valence-corrected chi connectivity index (χ1v) is 4.56. The fourth-order valence-corrected chi connectivity index (χ4v) is 1.15. The molecule has 0 aliphatic carbocycles. The molecule has 0 aliphatic heterocycles. The molecule has 1 atom stereocenters. The van der Waals surface area contributed by atoms with Crippen molar-refractivity contribution in [2.75, 3.05) is 0 Å². The zero-order valence-corrected chi connectivity index (χ0v) is 8.43. The molecule has 0 saturated heterocycles. The molecule has 84 valence electrons. The Balaban J connectivity index is 2.59. The number of nitrogens with one attached hydrogen (secondary N) is 2. The molecule has 0 aliphatic rings. The average Bonchev–Trinajstić information content (AvgIpc) is 2.69. The van der Waals surface area contributed by atoms with Gasteiger partial charge in [0.25, 0.3) is 0 Å². The van der Waals surface area contributed by atoms with Crippen molar-refractivity contribution in [1.29, 1.82) is 0 Å². The number of aromatic amines is 1. The molecule has 0 bridgehead atoms. The van der Waals surface area contributed by atoms with Crippen LogP contribution >= 0.6 is 0 Å². The van der Waals surface area contributed by atoms with E-state index in [-0.39, 0.29) is 12.8 Å². The molecule has 6 nitrogen and oxygen atoms in total. The fraction of sp³-hybridized carbons (Fsp3) is 0.300. The highest BCUT2D eigenvalue weighted by atomic mass is 16.4. The van der Waals surface area contributed by atoms with Gasteiger partial charge in [-0.2, -0.15) is 0 Å². The Morgan fingerprint density at radius 2 is 2.44 bits per heavy atom. The summed E-state index contributed by atoms with van der Waals surface area (Å²) in [4.78, 5) is 28.5. The van der Waals surface area contributed by atoms with Crippen molar-refractivity contribution in [3.05, 3.63) is 18.2 Å². The first-order valence-electron chi connectivity index (χ1n) is 4.56. The molecule has 16 heavy (non-hydrogen) atoms. The first-order chi connectivity index (χ1) is 7.63. The molecule has 1 unspecified atom stereocenters. The number of terminal acetylenes is 1. The number of hydrogen-bond acceptors (Lipinski definition) is 3. The zero-order chi connectivity index (χ0) is 12.0. The van der Waals surface area contributed by atoms with Crippen molar-refractivity contribution < 1.29 is 14.7 Å². The summed E-state index contributed by atoms with van der Waals surface area (Å²) in [6, 6.07) is -0.999. The third kappa shape index (κ3) is 3.46. The SMILES string of the molecule is C#CCC(=O)NC(Cc1cnc[nH]1)C(=O)O. The van der Waals surface area contributed by atoms with E-state index in [1.165, 1.54) is 12.5 Å². The maximum atomic E-state index is 11.1. The predicted octanol–water partition coefficient (Wildman–Crippen LogP) is -0.455. The first kappa shape index (κ1) is 11.8. The topological polar surface area (TPSA) is 95.1 Å². The number of amides is 1. The minimum atomic E-state index is -1.11. The van der Waals surface area contributed by atoms with Gasteiger partial charge < -0.3 is 15.4 Å². The highest BCUT2D eigenvalue weighted by Crippen LogP contribution is 1.99. The predicted molar refractivity (Wildman–Crippen MR) is 55.3 cm³/mol. The number of carbonyl (C=O) groups excluding carboxylic acids is 1. The van der Waals surface area contributed by atoms with Gasteiger partial charge in [0.05, 0.1) is 12.7 Å². The minimum absolute atomic E-state index is 0.132. The average molecular weight is 221 g/mol. The van der Waals surface area contributed by atoms with Crippen LogP contribution in [0.25, 0.3) is 0 Å². The lowest BCUT2D eigenvalue weighted by atomic mass is 10.1. The van der Waals surface area contributed by atoms with Crippen LogP contribution in [0.4, 0.5) is 0 Å². The van der Waals surface area contributed by atoms with Crippen LogP contribution < -0.4 is 5.32 Å². The van der Waals surface area contributed by atoms with Crippen molar-refractivity contribution in [2.45, 2.75) is 18.9 Å². The number of H-pyrrole nitrogens is 1. The summed E-state index contributed by atoms with van der Waals surface area (Å²) in [6.45, 7) is 0. The summed E-state index contributed by atoms with van der Waals surface area (Å²) >= 11 is 0. The molecule has 1 rings (SSSR count). The summed E-state index contributed by atoms with van der Waals surface area (Å²) < 4.78 is 0. The van der Waals surface area contributed by atoms with E-state index in [9.17, 15) is 9.59 Å². The quantitative estimate of drug-likeness (QED) is 0.586. The fourth-order valence-electron chi connectivity index (χ4n) is 1.15. The standard InChI is InChI=1S/C10H11N3O3/c1-2-3-9(14)13-8(10(15)16)4-7-5-11-6-12-7/h1,5-6,8H,3-4H2,(H,11,12)(H,13,14)(H,15,16). The number of nitrogens with zero attached hydrogens (tertiary/aromatic N) is 1. The summed E-state index contributed by atoms with van der Waals surface area (Å²) in [5, 5.41) is 11.2. The Hall–Kier alpha value is -2.29. The van der Waals surface area contributed by atoms with Crippen LogP contribution in [-0.4, -0.2) is 33.0 Å². The van der Waals surface area contributed by atoms with Gasteiger partial charge in [-0.1, -0.05) is 5.92 Å². The van der Waals surface area contributed by atoms with Crippen LogP contribution in [0.15, 0.2) is 12.5 Å². The third-order valence-corrected chi connectivity index (χ3v) is 1.87. The Labute approximate surface area is 92.1 Å². The van der Waals surface area contributed by atoms with E-state index in [2.05, 4.69) is 21.2 Å². The van der Waals surface area contributed by atoms with Gasteiger partial charge in [-0.25, -0.2) is 9.78 Å². The van der Waals surface area contributed by atoms with Gasteiger partial charge >= 0.3 is 5.97 Å².